The van der Waals surface area contributed by atoms with Gasteiger partial charge in [-0.3, -0.25) is 0 Å². The van der Waals surface area contributed by atoms with E-state index in [1.807, 2.05) is 0 Å². The van der Waals surface area contributed by atoms with Gasteiger partial charge in [-0.2, -0.15) is 0 Å². The van der Waals surface area contributed by atoms with Gasteiger partial charge in [0.1, 0.15) is 10.0 Å². The minimum absolute atomic E-state index is 0.0411. The number of nitrogens with one attached hydrogen (secondary N) is 1. The third-order valence-electron chi connectivity index (χ3n) is 3.75. The minimum Gasteiger partial charge on any atom is -0.243 e. The highest BCUT2D eigenvalue weighted by atomic mass is 35.5. The Hall–Kier alpha value is -0.650. The second kappa shape index (κ2) is 6.20. The van der Waals surface area contributed by atoms with E-state index in [0.29, 0.717) is 11.1 Å². The Morgan fingerprint density at radius 1 is 1.37 bits per heavy atom. The van der Waals surface area contributed by atoms with Crippen LogP contribution in [0.25, 0.3) is 0 Å². The maximum absolute atomic E-state index is 12.3. The monoisotopic (exact) mass is 302 g/mol. The zero-order valence-corrected chi connectivity index (χ0v) is 12.5. The van der Waals surface area contributed by atoms with Crippen molar-refractivity contribution in [3.63, 3.8) is 0 Å². The van der Waals surface area contributed by atoms with Crippen molar-refractivity contribution in [2.75, 3.05) is 0 Å². The molecule has 1 aliphatic carbocycles. The predicted molar refractivity (Wildman–Crippen MR) is 75.6 cm³/mol. The van der Waals surface area contributed by atoms with E-state index in [1.54, 1.807) is 0 Å². The van der Waals surface area contributed by atoms with Crippen LogP contribution in [0.2, 0.25) is 5.15 Å². The van der Waals surface area contributed by atoms with Gasteiger partial charge in [0.15, 0.2) is 0 Å². The normalized spacial score (nSPS) is 24.3. The molecule has 0 saturated heterocycles. The summed E-state index contributed by atoms with van der Waals surface area (Å²) >= 11 is 5.67. The Bertz CT molecular complexity index is 516. The highest BCUT2D eigenvalue weighted by Crippen LogP contribution is 2.28. The zero-order chi connectivity index (χ0) is 13.9. The van der Waals surface area contributed by atoms with Crippen LogP contribution in [0, 0.1) is 5.92 Å². The smallest absolute Gasteiger partial charge is 0.242 e. The minimum atomic E-state index is -3.49. The van der Waals surface area contributed by atoms with Crippen LogP contribution in [0.1, 0.15) is 39.0 Å². The van der Waals surface area contributed by atoms with E-state index >= 15 is 0 Å². The van der Waals surface area contributed by atoms with Gasteiger partial charge in [-0.05, 0) is 30.9 Å². The molecule has 1 aliphatic rings. The van der Waals surface area contributed by atoms with Crippen LogP contribution < -0.4 is 4.72 Å². The quantitative estimate of drug-likeness (QED) is 0.870. The lowest BCUT2D eigenvalue weighted by Crippen LogP contribution is -2.41. The maximum atomic E-state index is 12.3. The third kappa shape index (κ3) is 3.68. The van der Waals surface area contributed by atoms with Crippen molar-refractivity contribution in [1.82, 2.24) is 9.71 Å². The van der Waals surface area contributed by atoms with Crippen LogP contribution >= 0.6 is 11.6 Å². The molecule has 4 nitrogen and oxygen atoms in total. The summed E-state index contributed by atoms with van der Waals surface area (Å²) in [7, 11) is -3.49. The fourth-order valence-electron chi connectivity index (χ4n) is 2.64. The molecule has 0 spiro atoms. The second-order valence-electron chi connectivity index (χ2n) is 5.00. The number of hydrogen-bond donors (Lipinski definition) is 1. The maximum Gasteiger partial charge on any atom is 0.242 e. The van der Waals surface area contributed by atoms with E-state index in [0.717, 1.165) is 25.7 Å². The molecule has 0 radical (unpaired) electrons. The van der Waals surface area contributed by atoms with E-state index in [-0.39, 0.29) is 10.9 Å². The Balaban J connectivity index is 2.14. The van der Waals surface area contributed by atoms with Crippen molar-refractivity contribution >= 4 is 21.6 Å². The average Bonchev–Trinajstić information content (AvgIpc) is 2.39. The summed E-state index contributed by atoms with van der Waals surface area (Å²) in [6, 6.07) is 3.02. The summed E-state index contributed by atoms with van der Waals surface area (Å²) in [5, 5.41) is 0.294. The number of hydrogen-bond acceptors (Lipinski definition) is 3. The molecule has 1 N–H and O–H groups in total. The topological polar surface area (TPSA) is 59.1 Å². The van der Waals surface area contributed by atoms with Gasteiger partial charge in [0.2, 0.25) is 10.0 Å². The third-order valence-corrected chi connectivity index (χ3v) is 5.45. The summed E-state index contributed by atoms with van der Waals surface area (Å²) in [5.74, 6) is 0.434. The van der Waals surface area contributed by atoms with Crippen molar-refractivity contribution in [3.8, 4) is 0 Å². The van der Waals surface area contributed by atoms with Gasteiger partial charge in [-0.15, -0.1) is 0 Å². The van der Waals surface area contributed by atoms with Crippen molar-refractivity contribution in [2.24, 2.45) is 5.92 Å². The molecule has 0 unspecified atom stereocenters. The van der Waals surface area contributed by atoms with E-state index in [2.05, 4.69) is 16.6 Å². The number of sulfonamides is 1. The first-order chi connectivity index (χ1) is 9.03. The van der Waals surface area contributed by atoms with Gasteiger partial charge < -0.3 is 0 Å². The molecule has 1 aromatic heterocycles. The molecular formula is C13H19ClN2O2S. The highest BCUT2D eigenvalue weighted by Gasteiger charge is 2.28. The standard InChI is InChI=1S/C13H19ClN2O2S/c1-2-10-5-3-4-6-12(10)16-19(17,18)11-7-8-13(14)15-9-11/h7-10,12,16H,2-6H2,1H3/t10-,12-/m0/s1. The van der Waals surface area contributed by atoms with Gasteiger partial charge in [-0.1, -0.05) is 37.8 Å². The van der Waals surface area contributed by atoms with Crippen molar-refractivity contribution in [2.45, 2.75) is 50.0 Å². The summed E-state index contributed by atoms with van der Waals surface area (Å²) < 4.78 is 27.4. The first-order valence-electron chi connectivity index (χ1n) is 6.67. The summed E-state index contributed by atoms with van der Waals surface area (Å²) in [5.41, 5.74) is 0. The summed E-state index contributed by atoms with van der Waals surface area (Å²) in [6.07, 6.45) is 6.60. The molecule has 0 aliphatic heterocycles. The summed E-state index contributed by atoms with van der Waals surface area (Å²) in [6.45, 7) is 2.11. The van der Waals surface area contributed by atoms with Crippen LogP contribution in [0.4, 0.5) is 0 Å². The first kappa shape index (κ1) is 14.8. The fraction of sp³-hybridized carbons (Fsp3) is 0.615. The predicted octanol–water partition coefficient (Wildman–Crippen LogP) is 2.98. The zero-order valence-electron chi connectivity index (χ0n) is 11.0. The van der Waals surface area contributed by atoms with Gasteiger partial charge >= 0.3 is 0 Å². The van der Waals surface area contributed by atoms with Crippen LogP contribution in [-0.2, 0) is 10.0 Å². The van der Waals surface area contributed by atoms with Crippen molar-refractivity contribution in [1.29, 1.82) is 0 Å². The van der Waals surface area contributed by atoms with Crippen LogP contribution in [-0.4, -0.2) is 19.4 Å². The molecule has 1 heterocycles. The highest BCUT2D eigenvalue weighted by molar-refractivity contribution is 7.89. The molecule has 0 amide bonds. The van der Waals surface area contributed by atoms with Crippen LogP contribution in [0.5, 0.6) is 0 Å². The van der Waals surface area contributed by atoms with Gasteiger partial charge in [0.25, 0.3) is 0 Å². The van der Waals surface area contributed by atoms with Crippen LogP contribution in [0.3, 0.4) is 0 Å². The SMILES string of the molecule is CC[C@H]1CCCC[C@@H]1NS(=O)(=O)c1ccc(Cl)nc1. The molecule has 19 heavy (non-hydrogen) atoms. The lowest BCUT2D eigenvalue weighted by atomic mass is 9.83. The Kier molecular flexibility index (Phi) is 4.81. The molecule has 106 valence electrons. The molecule has 2 rings (SSSR count). The number of halogens is 1. The lowest BCUT2D eigenvalue weighted by Gasteiger charge is -2.31. The molecule has 6 heteroatoms. The average molecular weight is 303 g/mol. The van der Waals surface area contributed by atoms with E-state index in [4.69, 9.17) is 11.6 Å². The molecule has 0 aromatic carbocycles. The van der Waals surface area contributed by atoms with Crippen LogP contribution in [0.15, 0.2) is 23.2 Å². The van der Waals surface area contributed by atoms with E-state index < -0.39 is 10.0 Å². The Morgan fingerprint density at radius 2 is 2.11 bits per heavy atom. The lowest BCUT2D eigenvalue weighted by molar-refractivity contribution is 0.282. The second-order valence-corrected chi connectivity index (χ2v) is 7.10. The van der Waals surface area contributed by atoms with Gasteiger partial charge in [0.05, 0.1) is 0 Å². The largest absolute Gasteiger partial charge is 0.243 e. The molecule has 1 saturated carbocycles. The van der Waals surface area contributed by atoms with Gasteiger partial charge in [0, 0.05) is 12.2 Å². The number of rotatable bonds is 4. The van der Waals surface area contributed by atoms with Gasteiger partial charge in [-0.25, -0.2) is 18.1 Å². The Labute approximate surface area is 119 Å². The molecule has 2 atom stereocenters. The Morgan fingerprint density at radius 3 is 2.74 bits per heavy atom. The summed E-state index contributed by atoms with van der Waals surface area (Å²) in [4.78, 5) is 4.00. The number of aromatic nitrogens is 1. The fourth-order valence-corrected chi connectivity index (χ4v) is 4.04. The van der Waals surface area contributed by atoms with Crippen molar-refractivity contribution in [3.05, 3.63) is 23.5 Å². The van der Waals surface area contributed by atoms with E-state index in [9.17, 15) is 8.42 Å². The molecule has 1 fully saturated rings. The number of pyridine rings is 1. The molecular weight excluding hydrogens is 284 g/mol. The first-order valence-corrected chi connectivity index (χ1v) is 8.53. The van der Waals surface area contributed by atoms with Crippen molar-refractivity contribution < 1.29 is 8.42 Å². The molecule has 0 bridgehead atoms. The number of nitrogens with zero attached hydrogens (tertiary/aromatic N) is 1. The van der Waals surface area contributed by atoms with E-state index in [1.165, 1.54) is 24.8 Å². The molecule has 1 aromatic rings.